The monoisotopic (exact) mass is 307 g/mol. The van der Waals surface area contributed by atoms with Gasteiger partial charge >= 0.3 is 0 Å². The minimum absolute atomic E-state index is 0.191. The highest BCUT2D eigenvalue weighted by atomic mass is 32.2. The number of hydrogen-bond acceptors (Lipinski definition) is 4. The number of halogens is 1. The molecule has 0 bridgehead atoms. The smallest absolute Gasteiger partial charge is 0.278 e. The summed E-state index contributed by atoms with van der Waals surface area (Å²) in [7, 11) is 5.70. The zero-order chi connectivity index (χ0) is 15.4. The van der Waals surface area contributed by atoms with E-state index >= 15 is 0 Å². The van der Waals surface area contributed by atoms with Gasteiger partial charge in [0.2, 0.25) is 0 Å². The molecule has 0 spiro atoms. The highest BCUT2D eigenvalue weighted by Gasteiger charge is 2.08. The molecule has 2 rings (SSSR count). The molecule has 0 atom stereocenters. The zero-order valence-electron chi connectivity index (χ0n) is 12.3. The normalized spacial score (nSPS) is 11.1. The standard InChI is InChI=1S/C15H18FN3OS/c1-18(2)8-12-9-19(3)15(17-14(12)20)21-10-11-4-6-13(16)7-5-11/h4-7,9H,8,10H2,1-3H3. The van der Waals surface area contributed by atoms with Crippen molar-refractivity contribution < 1.29 is 4.39 Å². The predicted molar refractivity (Wildman–Crippen MR) is 82.8 cm³/mol. The second kappa shape index (κ2) is 6.87. The highest BCUT2D eigenvalue weighted by molar-refractivity contribution is 7.98. The van der Waals surface area contributed by atoms with Crippen molar-refractivity contribution in [2.24, 2.45) is 7.05 Å². The first-order valence-corrected chi connectivity index (χ1v) is 7.53. The third-order valence-electron chi connectivity index (χ3n) is 2.89. The molecule has 2 aromatic rings. The molecule has 0 aliphatic rings. The van der Waals surface area contributed by atoms with Gasteiger partial charge < -0.3 is 9.47 Å². The maximum absolute atomic E-state index is 12.8. The fourth-order valence-corrected chi connectivity index (χ4v) is 2.79. The molecule has 0 amide bonds. The number of aromatic nitrogens is 2. The molecule has 0 N–H and O–H groups in total. The lowest BCUT2D eigenvalue weighted by molar-refractivity contribution is 0.397. The van der Waals surface area contributed by atoms with Gasteiger partial charge in [0, 0.05) is 31.1 Å². The number of aryl methyl sites for hydroxylation is 1. The largest absolute Gasteiger partial charge is 0.330 e. The fraction of sp³-hybridized carbons (Fsp3) is 0.333. The van der Waals surface area contributed by atoms with E-state index in [1.54, 1.807) is 12.1 Å². The van der Waals surface area contributed by atoms with Gasteiger partial charge in [-0.2, -0.15) is 4.98 Å². The van der Waals surface area contributed by atoms with Gasteiger partial charge in [-0.15, -0.1) is 0 Å². The van der Waals surface area contributed by atoms with Gasteiger partial charge in [-0.3, -0.25) is 4.79 Å². The molecule has 0 aliphatic carbocycles. The Balaban J connectivity index is 2.12. The number of nitrogens with zero attached hydrogens (tertiary/aromatic N) is 3. The lowest BCUT2D eigenvalue weighted by atomic mass is 10.2. The van der Waals surface area contributed by atoms with Crippen LogP contribution in [0.4, 0.5) is 4.39 Å². The van der Waals surface area contributed by atoms with Gasteiger partial charge in [-0.05, 0) is 31.8 Å². The lowest BCUT2D eigenvalue weighted by Crippen LogP contribution is -2.23. The second-order valence-corrected chi connectivity index (χ2v) is 6.06. The topological polar surface area (TPSA) is 38.1 Å². The van der Waals surface area contributed by atoms with Crippen LogP contribution in [0.2, 0.25) is 0 Å². The Kier molecular flexibility index (Phi) is 5.14. The highest BCUT2D eigenvalue weighted by Crippen LogP contribution is 2.19. The Labute approximate surface area is 127 Å². The third-order valence-corrected chi connectivity index (χ3v) is 4.01. The van der Waals surface area contributed by atoms with Crippen molar-refractivity contribution in [2.45, 2.75) is 17.5 Å². The SMILES string of the molecule is CN(C)Cc1cn(C)c(SCc2ccc(F)cc2)nc1=O. The zero-order valence-corrected chi connectivity index (χ0v) is 13.2. The van der Waals surface area contributed by atoms with Gasteiger partial charge in [0.25, 0.3) is 5.56 Å². The van der Waals surface area contributed by atoms with Gasteiger partial charge in [-0.25, -0.2) is 4.39 Å². The molecule has 1 aromatic heterocycles. The Bertz CT molecular complexity index is 668. The van der Waals surface area contributed by atoms with Gasteiger partial charge in [0.1, 0.15) is 5.82 Å². The van der Waals surface area contributed by atoms with Crippen LogP contribution in [-0.4, -0.2) is 28.5 Å². The first kappa shape index (κ1) is 15.7. The summed E-state index contributed by atoms with van der Waals surface area (Å²) >= 11 is 1.46. The van der Waals surface area contributed by atoms with Crippen LogP contribution in [0.3, 0.4) is 0 Å². The number of hydrogen-bond donors (Lipinski definition) is 0. The average Bonchev–Trinajstić information content (AvgIpc) is 2.42. The van der Waals surface area contributed by atoms with E-state index in [0.717, 1.165) is 5.56 Å². The third kappa shape index (κ3) is 4.41. The molecule has 1 aromatic carbocycles. The number of benzene rings is 1. The number of rotatable bonds is 5. The van der Waals surface area contributed by atoms with Crippen LogP contribution in [0.15, 0.2) is 40.4 Å². The fourth-order valence-electron chi connectivity index (χ4n) is 1.89. The van der Waals surface area contributed by atoms with Crippen LogP contribution in [0, 0.1) is 5.82 Å². The summed E-state index contributed by atoms with van der Waals surface area (Å²) in [5.41, 5.74) is 1.48. The van der Waals surface area contributed by atoms with E-state index in [-0.39, 0.29) is 11.4 Å². The quantitative estimate of drug-likeness (QED) is 0.627. The van der Waals surface area contributed by atoms with Crippen LogP contribution in [0.1, 0.15) is 11.1 Å². The Morgan fingerprint density at radius 3 is 2.57 bits per heavy atom. The van der Waals surface area contributed by atoms with Crippen LogP contribution in [-0.2, 0) is 19.3 Å². The van der Waals surface area contributed by atoms with E-state index in [1.807, 2.05) is 36.8 Å². The first-order valence-electron chi connectivity index (χ1n) is 6.54. The molecule has 0 saturated carbocycles. The molecule has 21 heavy (non-hydrogen) atoms. The van der Waals surface area contributed by atoms with Crippen molar-refractivity contribution in [3.8, 4) is 0 Å². The van der Waals surface area contributed by atoms with E-state index in [9.17, 15) is 9.18 Å². The van der Waals surface area contributed by atoms with E-state index in [0.29, 0.717) is 23.0 Å². The van der Waals surface area contributed by atoms with E-state index < -0.39 is 0 Å². The molecule has 0 aliphatic heterocycles. The Morgan fingerprint density at radius 2 is 1.95 bits per heavy atom. The summed E-state index contributed by atoms with van der Waals surface area (Å²) in [6, 6.07) is 6.34. The molecule has 4 nitrogen and oxygen atoms in total. The van der Waals surface area contributed by atoms with Crippen LogP contribution < -0.4 is 5.56 Å². The molecule has 1 heterocycles. The molecule has 112 valence electrons. The molecule has 0 saturated heterocycles. The molecule has 6 heteroatoms. The Morgan fingerprint density at radius 1 is 1.29 bits per heavy atom. The van der Waals surface area contributed by atoms with Gasteiger partial charge in [0.05, 0.1) is 0 Å². The summed E-state index contributed by atoms with van der Waals surface area (Å²) in [5, 5.41) is 0.659. The minimum Gasteiger partial charge on any atom is -0.330 e. The van der Waals surface area contributed by atoms with E-state index in [1.165, 1.54) is 23.9 Å². The van der Waals surface area contributed by atoms with Crippen molar-refractivity contribution in [1.82, 2.24) is 14.5 Å². The van der Waals surface area contributed by atoms with E-state index in [2.05, 4.69) is 4.98 Å². The first-order chi connectivity index (χ1) is 9.95. The summed E-state index contributed by atoms with van der Waals surface area (Å²) in [5.74, 6) is 0.399. The van der Waals surface area contributed by atoms with Crippen LogP contribution in [0.5, 0.6) is 0 Å². The summed E-state index contributed by atoms with van der Waals surface area (Å²) in [6.45, 7) is 0.572. The van der Waals surface area contributed by atoms with Crippen molar-refractivity contribution in [3.63, 3.8) is 0 Å². The van der Waals surface area contributed by atoms with E-state index in [4.69, 9.17) is 0 Å². The Hall–Kier alpha value is -1.66. The van der Waals surface area contributed by atoms with Crippen molar-refractivity contribution in [1.29, 1.82) is 0 Å². The summed E-state index contributed by atoms with van der Waals surface area (Å²) < 4.78 is 14.7. The second-order valence-electron chi connectivity index (χ2n) is 5.12. The van der Waals surface area contributed by atoms with Crippen molar-refractivity contribution in [3.05, 3.63) is 57.8 Å². The van der Waals surface area contributed by atoms with Crippen LogP contribution >= 0.6 is 11.8 Å². The summed E-state index contributed by atoms with van der Waals surface area (Å²) in [6.07, 6.45) is 1.82. The molecule has 0 fully saturated rings. The lowest BCUT2D eigenvalue weighted by Gasteiger charge is -2.12. The molecule has 0 unspecified atom stereocenters. The minimum atomic E-state index is -0.248. The average molecular weight is 307 g/mol. The molecular weight excluding hydrogens is 289 g/mol. The number of thioether (sulfide) groups is 1. The van der Waals surface area contributed by atoms with Crippen LogP contribution in [0.25, 0.3) is 0 Å². The predicted octanol–water partition coefficient (Wildman–Crippen LogP) is 2.27. The van der Waals surface area contributed by atoms with Crippen molar-refractivity contribution in [2.75, 3.05) is 14.1 Å². The van der Waals surface area contributed by atoms with Gasteiger partial charge in [-0.1, -0.05) is 23.9 Å². The molecular formula is C15H18FN3OS. The maximum Gasteiger partial charge on any atom is 0.278 e. The van der Waals surface area contributed by atoms with Crippen molar-refractivity contribution >= 4 is 11.8 Å². The van der Waals surface area contributed by atoms with Gasteiger partial charge in [0.15, 0.2) is 5.16 Å². The summed E-state index contributed by atoms with van der Waals surface area (Å²) in [4.78, 5) is 18.0. The maximum atomic E-state index is 12.8. The molecule has 0 radical (unpaired) electrons.